The monoisotopic (exact) mass is 317 g/mol. The van der Waals surface area contributed by atoms with Crippen molar-refractivity contribution in [2.24, 2.45) is 0 Å². The van der Waals surface area contributed by atoms with Gasteiger partial charge in [-0.2, -0.15) is 0 Å². The summed E-state index contributed by atoms with van der Waals surface area (Å²) >= 11 is 0. The molecule has 8 nitrogen and oxygen atoms in total. The number of carbonyl (C=O) groups is 2. The van der Waals surface area contributed by atoms with Crippen LogP contribution in [-0.2, 0) is 9.53 Å². The van der Waals surface area contributed by atoms with Gasteiger partial charge in [0.2, 0.25) is 5.95 Å². The van der Waals surface area contributed by atoms with Crippen LogP contribution in [0.1, 0.15) is 10.4 Å². The van der Waals surface area contributed by atoms with Crippen molar-refractivity contribution < 1.29 is 23.8 Å². The molecule has 2 aromatic rings. The number of amides is 1. The minimum Gasteiger partial charge on any atom is -0.497 e. The third kappa shape index (κ3) is 4.67. The van der Waals surface area contributed by atoms with E-state index in [1.165, 1.54) is 38.7 Å². The number of nitrogens with zero attached hydrogens (tertiary/aromatic N) is 2. The fourth-order valence-corrected chi connectivity index (χ4v) is 1.66. The first-order valence-electron chi connectivity index (χ1n) is 6.59. The Bertz CT molecular complexity index is 669. The summed E-state index contributed by atoms with van der Waals surface area (Å²) in [6.07, 6.45) is 2.97. The zero-order valence-corrected chi connectivity index (χ0v) is 12.6. The second-order valence-electron chi connectivity index (χ2n) is 4.30. The van der Waals surface area contributed by atoms with E-state index in [0.717, 1.165) is 0 Å². The standard InChI is InChI=1S/C15H15N3O5/c1-21-11-6-10(7-12(8-11)22-2)14(20)23-9-13(19)18-15-16-4-3-5-17-15/h3-8H,9H2,1-2H3,(H,16,17,18,19). The second-order valence-corrected chi connectivity index (χ2v) is 4.30. The molecule has 1 aromatic heterocycles. The number of aromatic nitrogens is 2. The van der Waals surface area contributed by atoms with Crippen LogP contribution in [0.3, 0.4) is 0 Å². The lowest BCUT2D eigenvalue weighted by molar-refractivity contribution is -0.119. The molecule has 2 rings (SSSR count). The third-order valence-corrected chi connectivity index (χ3v) is 2.74. The van der Waals surface area contributed by atoms with E-state index in [1.807, 2.05) is 0 Å². The Balaban J connectivity index is 1.95. The minimum absolute atomic E-state index is 0.136. The van der Waals surface area contributed by atoms with Crippen molar-refractivity contribution in [1.82, 2.24) is 9.97 Å². The molecule has 1 heterocycles. The third-order valence-electron chi connectivity index (χ3n) is 2.74. The first kappa shape index (κ1) is 16.2. The van der Waals surface area contributed by atoms with Gasteiger partial charge in [-0.25, -0.2) is 14.8 Å². The lowest BCUT2D eigenvalue weighted by Crippen LogP contribution is -2.22. The largest absolute Gasteiger partial charge is 0.497 e. The van der Waals surface area contributed by atoms with Gasteiger partial charge in [-0.3, -0.25) is 10.1 Å². The van der Waals surface area contributed by atoms with Gasteiger partial charge in [0.15, 0.2) is 6.61 Å². The molecular weight excluding hydrogens is 302 g/mol. The predicted octanol–water partition coefficient (Wildman–Crippen LogP) is 1.29. The molecule has 1 N–H and O–H groups in total. The van der Waals surface area contributed by atoms with E-state index in [1.54, 1.807) is 12.1 Å². The first-order chi connectivity index (χ1) is 11.1. The Morgan fingerprint density at radius 2 is 1.65 bits per heavy atom. The van der Waals surface area contributed by atoms with Crippen LogP contribution in [-0.4, -0.2) is 42.7 Å². The number of hydrogen-bond acceptors (Lipinski definition) is 7. The van der Waals surface area contributed by atoms with Crippen molar-refractivity contribution in [1.29, 1.82) is 0 Å². The number of rotatable bonds is 6. The van der Waals surface area contributed by atoms with E-state index in [4.69, 9.17) is 14.2 Å². The van der Waals surface area contributed by atoms with Gasteiger partial charge in [0.05, 0.1) is 19.8 Å². The summed E-state index contributed by atoms with van der Waals surface area (Å²) in [6, 6.07) is 6.22. The van der Waals surface area contributed by atoms with Crippen LogP contribution < -0.4 is 14.8 Å². The van der Waals surface area contributed by atoms with Crippen molar-refractivity contribution in [3.63, 3.8) is 0 Å². The highest BCUT2D eigenvalue weighted by Crippen LogP contribution is 2.22. The van der Waals surface area contributed by atoms with Gasteiger partial charge >= 0.3 is 5.97 Å². The molecule has 0 fully saturated rings. The zero-order valence-electron chi connectivity index (χ0n) is 12.6. The summed E-state index contributed by atoms with van der Waals surface area (Å²) in [7, 11) is 2.94. The van der Waals surface area contributed by atoms with Crippen LogP contribution in [0.15, 0.2) is 36.7 Å². The lowest BCUT2D eigenvalue weighted by atomic mass is 10.2. The average molecular weight is 317 g/mol. The zero-order chi connectivity index (χ0) is 16.7. The fraction of sp³-hybridized carbons (Fsp3) is 0.200. The molecule has 1 aromatic carbocycles. The number of anilines is 1. The van der Waals surface area contributed by atoms with E-state index in [0.29, 0.717) is 11.5 Å². The molecule has 0 unspecified atom stereocenters. The van der Waals surface area contributed by atoms with Gasteiger partial charge in [-0.05, 0) is 18.2 Å². The van der Waals surface area contributed by atoms with Crippen LogP contribution in [0.2, 0.25) is 0 Å². The summed E-state index contributed by atoms with van der Waals surface area (Å²) in [6.45, 7) is -0.462. The smallest absolute Gasteiger partial charge is 0.338 e. The molecule has 1 amide bonds. The maximum absolute atomic E-state index is 12.0. The summed E-state index contributed by atoms with van der Waals surface area (Å²) < 4.78 is 15.1. The van der Waals surface area contributed by atoms with Crippen LogP contribution in [0.5, 0.6) is 11.5 Å². The molecular formula is C15H15N3O5. The van der Waals surface area contributed by atoms with Gasteiger partial charge in [0.1, 0.15) is 11.5 Å². The van der Waals surface area contributed by atoms with E-state index in [2.05, 4.69) is 15.3 Å². The molecule has 0 saturated heterocycles. The lowest BCUT2D eigenvalue weighted by Gasteiger charge is -2.08. The molecule has 8 heteroatoms. The Hall–Kier alpha value is -3.16. The average Bonchev–Trinajstić information content (AvgIpc) is 2.60. The molecule has 0 radical (unpaired) electrons. The number of carbonyl (C=O) groups excluding carboxylic acids is 2. The van der Waals surface area contributed by atoms with Gasteiger partial charge < -0.3 is 14.2 Å². The number of nitrogens with one attached hydrogen (secondary N) is 1. The highest BCUT2D eigenvalue weighted by atomic mass is 16.5. The Labute approximate surface area is 132 Å². The van der Waals surface area contributed by atoms with Crippen molar-refractivity contribution in [2.45, 2.75) is 0 Å². The molecule has 0 saturated carbocycles. The molecule has 0 atom stereocenters. The number of benzene rings is 1. The van der Waals surface area contributed by atoms with Crippen LogP contribution in [0, 0.1) is 0 Å². The van der Waals surface area contributed by atoms with E-state index < -0.39 is 18.5 Å². The maximum atomic E-state index is 12.0. The Morgan fingerprint density at radius 3 is 2.22 bits per heavy atom. The highest BCUT2D eigenvalue weighted by Gasteiger charge is 2.13. The number of ether oxygens (including phenoxy) is 3. The van der Waals surface area contributed by atoms with Gasteiger partial charge in [-0.1, -0.05) is 0 Å². The molecule has 0 spiro atoms. The molecule has 0 aliphatic carbocycles. The Morgan fingerprint density at radius 1 is 1.04 bits per heavy atom. The second kappa shape index (κ2) is 7.74. The molecule has 0 aliphatic rings. The van der Waals surface area contributed by atoms with Crippen LogP contribution in [0.25, 0.3) is 0 Å². The highest BCUT2D eigenvalue weighted by molar-refractivity contribution is 5.95. The molecule has 0 aliphatic heterocycles. The topological polar surface area (TPSA) is 99.6 Å². The van der Waals surface area contributed by atoms with Gasteiger partial charge in [-0.15, -0.1) is 0 Å². The number of hydrogen-bond donors (Lipinski definition) is 1. The SMILES string of the molecule is COc1cc(OC)cc(C(=O)OCC(=O)Nc2ncccn2)c1. The van der Waals surface area contributed by atoms with E-state index in [-0.39, 0.29) is 11.5 Å². The van der Waals surface area contributed by atoms with Crippen molar-refractivity contribution in [2.75, 3.05) is 26.1 Å². The van der Waals surface area contributed by atoms with Crippen molar-refractivity contribution in [3.05, 3.63) is 42.2 Å². The van der Waals surface area contributed by atoms with Crippen molar-refractivity contribution >= 4 is 17.8 Å². The van der Waals surface area contributed by atoms with Crippen molar-refractivity contribution in [3.8, 4) is 11.5 Å². The van der Waals surface area contributed by atoms with E-state index >= 15 is 0 Å². The van der Waals surface area contributed by atoms with Crippen LogP contribution >= 0.6 is 0 Å². The van der Waals surface area contributed by atoms with E-state index in [9.17, 15) is 9.59 Å². The quantitative estimate of drug-likeness (QED) is 0.801. The molecule has 120 valence electrons. The predicted molar refractivity (Wildman–Crippen MR) is 80.5 cm³/mol. The minimum atomic E-state index is -0.675. The summed E-state index contributed by atoms with van der Waals surface area (Å²) in [5.74, 6) is -0.195. The van der Waals surface area contributed by atoms with Gasteiger partial charge in [0.25, 0.3) is 5.91 Å². The summed E-state index contributed by atoms with van der Waals surface area (Å²) in [5.41, 5.74) is 0.213. The Kier molecular flexibility index (Phi) is 5.45. The van der Waals surface area contributed by atoms with Crippen LogP contribution in [0.4, 0.5) is 5.95 Å². The normalized spacial score (nSPS) is 9.83. The molecule has 0 bridgehead atoms. The summed E-state index contributed by atoms with van der Waals surface area (Å²) in [5, 5.41) is 2.41. The fourth-order valence-electron chi connectivity index (χ4n) is 1.66. The maximum Gasteiger partial charge on any atom is 0.338 e. The summed E-state index contributed by atoms with van der Waals surface area (Å²) in [4.78, 5) is 31.3. The first-order valence-corrected chi connectivity index (χ1v) is 6.59. The number of methoxy groups -OCH3 is 2. The number of esters is 1. The van der Waals surface area contributed by atoms with Gasteiger partial charge in [0, 0.05) is 18.5 Å². The molecule has 23 heavy (non-hydrogen) atoms.